The predicted molar refractivity (Wildman–Crippen MR) is 64.6 cm³/mol. The van der Waals surface area contributed by atoms with Gasteiger partial charge in [-0.05, 0) is 18.3 Å². The summed E-state index contributed by atoms with van der Waals surface area (Å²) in [6, 6.07) is 0. The van der Waals surface area contributed by atoms with Crippen LogP contribution in [0.15, 0.2) is 5.10 Å². The lowest BCUT2D eigenvalue weighted by Gasteiger charge is -2.20. The van der Waals surface area contributed by atoms with Crippen molar-refractivity contribution in [2.75, 3.05) is 13.6 Å². The van der Waals surface area contributed by atoms with Gasteiger partial charge in [0.05, 0.1) is 0 Å². The summed E-state index contributed by atoms with van der Waals surface area (Å²) in [7, 11) is 2.00. The third-order valence-corrected chi connectivity index (χ3v) is 2.74. The largest absolute Gasteiger partial charge is 0.300 e. The third kappa shape index (κ3) is 6.93. The summed E-state index contributed by atoms with van der Waals surface area (Å²) < 4.78 is 0. The maximum absolute atomic E-state index is 3.90. The van der Waals surface area contributed by atoms with Crippen molar-refractivity contribution in [3.63, 3.8) is 0 Å². The molecule has 0 aromatic carbocycles. The minimum absolute atomic E-state index is 0.782. The highest BCUT2D eigenvalue weighted by molar-refractivity contribution is 5.22. The average Bonchev–Trinajstić information content (AvgIpc) is 2.15. The monoisotopic (exact) mass is 198 g/mol. The van der Waals surface area contributed by atoms with Gasteiger partial charge in [-0.1, -0.05) is 40.0 Å². The molecule has 0 aromatic rings. The van der Waals surface area contributed by atoms with Crippen LogP contribution in [-0.4, -0.2) is 25.3 Å². The Morgan fingerprint density at radius 2 is 1.93 bits per heavy atom. The first kappa shape index (κ1) is 13.5. The summed E-state index contributed by atoms with van der Waals surface area (Å²) in [5.74, 6) is 1.62. The van der Waals surface area contributed by atoms with E-state index in [1.807, 2.05) is 12.1 Å². The van der Waals surface area contributed by atoms with Gasteiger partial charge in [0.15, 0.2) is 0 Å². The molecule has 0 aliphatic carbocycles. The summed E-state index contributed by atoms with van der Waals surface area (Å²) in [5, 5.41) is 5.85. The Labute approximate surface area is 89.4 Å². The van der Waals surface area contributed by atoms with Crippen molar-refractivity contribution >= 4 is 6.72 Å². The van der Waals surface area contributed by atoms with Gasteiger partial charge < -0.3 is 5.01 Å². The number of rotatable bonds is 8. The first-order valence-corrected chi connectivity index (χ1v) is 5.77. The molecule has 0 fully saturated rings. The molecule has 84 valence electrons. The second-order valence-electron chi connectivity index (χ2n) is 4.58. The lowest BCUT2D eigenvalue weighted by atomic mass is 9.96. The van der Waals surface area contributed by atoms with Gasteiger partial charge in [-0.25, -0.2) is 0 Å². The molecule has 0 amide bonds. The molecule has 2 heteroatoms. The molecule has 14 heavy (non-hydrogen) atoms. The van der Waals surface area contributed by atoms with Crippen molar-refractivity contribution in [3.8, 4) is 0 Å². The molecule has 1 unspecified atom stereocenters. The smallest absolute Gasteiger partial charge is 0.0384 e. The zero-order valence-corrected chi connectivity index (χ0v) is 10.3. The molecule has 0 N–H and O–H groups in total. The number of hydrogen-bond donors (Lipinski definition) is 0. The SMILES string of the molecule is C=NN(C)CC(CC)CCCC(C)C. The van der Waals surface area contributed by atoms with E-state index in [2.05, 4.69) is 32.6 Å². The van der Waals surface area contributed by atoms with Gasteiger partial charge in [-0.2, -0.15) is 5.10 Å². The highest BCUT2D eigenvalue weighted by Gasteiger charge is 2.08. The molecule has 0 saturated carbocycles. The number of hydrogen-bond acceptors (Lipinski definition) is 2. The molecule has 2 nitrogen and oxygen atoms in total. The van der Waals surface area contributed by atoms with Crippen LogP contribution in [0.1, 0.15) is 46.5 Å². The molecule has 0 spiro atoms. The summed E-state index contributed by atoms with van der Waals surface area (Å²) in [6.07, 6.45) is 5.27. The Morgan fingerprint density at radius 1 is 1.29 bits per heavy atom. The van der Waals surface area contributed by atoms with Crippen LogP contribution in [0.4, 0.5) is 0 Å². The quantitative estimate of drug-likeness (QED) is 0.431. The fourth-order valence-corrected chi connectivity index (χ4v) is 1.67. The second-order valence-corrected chi connectivity index (χ2v) is 4.58. The fraction of sp³-hybridized carbons (Fsp3) is 0.917. The van der Waals surface area contributed by atoms with Crippen molar-refractivity contribution in [3.05, 3.63) is 0 Å². The van der Waals surface area contributed by atoms with Crippen molar-refractivity contribution in [1.82, 2.24) is 5.01 Å². The molecule has 1 atom stereocenters. The Morgan fingerprint density at radius 3 is 2.36 bits per heavy atom. The molecular weight excluding hydrogens is 172 g/mol. The molecule has 0 rings (SSSR count). The van der Waals surface area contributed by atoms with Crippen LogP contribution in [0, 0.1) is 11.8 Å². The minimum atomic E-state index is 0.782. The molecule has 0 aliphatic heterocycles. The van der Waals surface area contributed by atoms with E-state index in [1.165, 1.54) is 25.7 Å². The summed E-state index contributed by atoms with van der Waals surface area (Å²) >= 11 is 0. The number of hydrazone groups is 1. The highest BCUT2D eigenvalue weighted by atomic mass is 15.4. The molecule has 0 radical (unpaired) electrons. The zero-order chi connectivity index (χ0) is 11.0. The average molecular weight is 198 g/mol. The molecular formula is C12H26N2. The van der Waals surface area contributed by atoms with Crippen molar-refractivity contribution < 1.29 is 0 Å². The van der Waals surface area contributed by atoms with Gasteiger partial charge in [0.2, 0.25) is 0 Å². The normalized spacial score (nSPS) is 12.9. The predicted octanol–water partition coefficient (Wildman–Crippen LogP) is 3.39. The van der Waals surface area contributed by atoms with Gasteiger partial charge in [-0.15, -0.1) is 0 Å². The lowest BCUT2D eigenvalue weighted by molar-refractivity contribution is 0.268. The van der Waals surface area contributed by atoms with Crippen LogP contribution in [0.5, 0.6) is 0 Å². The van der Waals surface area contributed by atoms with E-state index in [0.717, 1.165) is 18.4 Å². The van der Waals surface area contributed by atoms with E-state index in [-0.39, 0.29) is 0 Å². The van der Waals surface area contributed by atoms with E-state index in [4.69, 9.17) is 0 Å². The van der Waals surface area contributed by atoms with Crippen molar-refractivity contribution in [2.45, 2.75) is 46.5 Å². The van der Waals surface area contributed by atoms with Gasteiger partial charge in [0.25, 0.3) is 0 Å². The van der Waals surface area contributed by atoms with Crippen LogP contribution in [0.25, 0.3) is 0 Å². The summed E-state index contributed by atoms with van der Waals surface area (Å²) in [5.41, 5.74) is 0. The van der Waals surface area contributed by atoms with Crippen LogP contribution < -0.4 is 0 Å². The van der Waals surface area contributed by atoms with Crippen molar-refractivity contribution in [2.24, 2.45) is 16.9 Å². The van der Waals surface area contributed by atoms with E-state index in [0.29, 0.717) is 0 Å². The standard InChI is InChI=1S/C12H26N2/c1-6-12(10-14(5)13-4)9-7-8-11(2)3/h11-12H,4,6-10H2,1-3,5H3. The first-order chi connectivity index (χ1) is 6.60. The number of nitrogens with zero attached hydrogens (tertiary/aromatic N) is 2. The van der Waals surface area contributed by atoms with E-state index in [1.54, 1.807) is 0 Å². The lowest BCUT2D eigenvalue weighted by Crippen LogP contribution is -2.20. The van der Waals surface area contributed by atoms with Crippen LogP contribution in [0.2, 0.25) is 0 Å². The van der Waals surface area contributed by atoms with Crippen LogP contribution >= 0.6 is 0 Å². The second kappa shape index (κ2) is 7.84. The van der Waals surface area contributed by atoms with E-state index in [9.17, 15) is 0 Å². The van der Waals surface area contributed by atoms with Crippen molar-refractivity contribution in [1.29, 1.82) is 0 Å². The molecule has 0 saturated heterocycles. The third-order valence-electron chi connectivity index (χ3n) is 2.74. The Kier molecular flexibility index (Phi) is 7.54. The van der Waals surface area contributed by atoms with Gasteiger partial charge in [-0.3, -0.25) is 0 Å². The van der Waals surface area contributed by atoms with Gasteiger partial charge >= 0.3 is 0 Å². The highest BCUT2D eigenvalue weighted by Crippen LogP contribution is 2.16. The van der Waals surface area contributed by atoms with Gasteiger partial charge in [0.1, 0.15) is 0 Å². The summed E-state index contributed by atoms with van der Waals surface area (Å²) in [6.45, 7) is 11.4. The van der Waals surface area contributed by atoms with Crippen LogP contribution in [0.3, 0.4) is 0 Å². The fourth-order valence-electron chi connectivity index (χ4n) is 1.67. The maximum atomic E-state index is 3.90. The minimum Gasteiger partial charge on any atom is -0.300 e. The maximum Gasteiger partial charge on any atom is 0.0384 e. The molecule has 0 heterocycles. The summed E-state index contributed by atoms with van der Waals surface area (Å²) in [4.78, 5) is 0. The molecule has 0 bridgehead atoms. The van der Waals surface area contributed by atoms with Crippen LogP contribution in [-0.2, 0) is 0 Å². The first-order valence-electron chi connectivity index (χ1n) is 5.77. The van der Waals surface area contributed by atoms with E-state index >= 15 is 0 Å². The topological polar surface area (TPSA) is 15.6 Å². The van der Waals surface area contributed by atoms with Gasteiger partial charge in [0, 0.05) is 20.3 Å². The molecule has 0 aromatic heterocycles. The Hall–Kier alpha value is -0.530. The van der Waals surface area contributed by atoms with E-state index < -0.39 is 0 Å². The Balaban J connectivity index is 3.62. The zero-order valence-electron chi connectivity index (χ0n) is 10.3. The molecule has 0 aliphatic rings. The Bertz CT molecular complexity index is 143.